The summed E-state index contributed by atoms with van der Waals surface area (Å²) in [5, 5.41) is 12.5. The minimum absolute atomic E-state index is 0.0192. The van der Waals surface area contributed by atoms with E-state index in [0.717, 1.165) is 4.31 Å². The third kappa shape index (κ3) is 5.71. The SMILES string of the molecule is COc1ccc(N(C)S(=O)(=O)c2cccc(C(=O)NCC[C@H](O)C(C)C)c2)cc1. The number of amides is 1. The van der Waals surface area contributed by atoms with Crippen molar-refractivity contribution in [3.8, 4) is 5.75 Å². The average Bonchev–Trinajstić information content (AvgIpc) is 2.73. The van der Waals surface area contributed by atoms with Gasteiger partial charge in [0.2, 0.25) is 0 Å². The van der Waals surface area contributed by atoms with Gasteiger partial charge in [-0.25, -0.2) is 8.42 Å². The van der Waals surface area contributed by atoms with E-state index in [9.17, 15) is 18.3 Å². The van der Waals surface area contributed by atoms with E-state index in [0.29, 0.717) is 24.4 Å². The normalized spacial score (nSPS) is 12.5. The monoisotopic (exact) mass is 420 g/mol. The summed E-state index contributed by atoms with van der Waals surface area (Å²) in [5.41, 5.74) is 0.719. The Bertz CT molecular complexity index is 926. The number of aliphatic hydroxyl groups excluding tert-OH is 1. The first kappa shape index (κ1) is 22.7. The molecule has 0 fully saturated rings. The quantitative estimate of drug-likeness (QED) is 0.650. The van der Waals surface area contributed by atoms with Crippen molar-refractivity contribution in [3.05, 3.63) is 54.1 Å². The highest BCUT2D eigenvalue weighted by molar-refractivity contribution is 7.92. The molecule has 0 bridgehead atoms. The number of benzene rings is 2. The van der Waals surface area contributed by atoms with Crippen LogP contribution in [-0.4, -0.2) is 46.2 Å². The van der Waals surface area contributed by atoms with Crippen LogP contribution in [0.5, 0.6) is 5.75 Å². The lowest BCUT2D eigenvalue weighted by molar-refractivity contribution is 0.0920. The van der Waals surface area contributed by atoms with Crippen molar-refractivity contribution in [1.82, 2.24) is 5.32 Å². The van der Waals surface area contributed by atoms with E-state index in [1.807, 2.05) is 13.8 Å². The van der Waals surface area contributed by atoms with E-state index in [1.165, 1.54) is 32.4 Å². The molecule has 8 heteroatoms. The van der Waals surface area contributed by atoms with Crippen molar-refractivity contribution in [3.63, 3.8) is 0 Å². The predicted octanol–water partition coefficient (Wildman–Crippen LogP) is 2.66. The number of anilines is 1. The van der Waals surface area contributed by atoms with Crippen molar-refractivity contribution in [2.75, 3.05) is 25.0 Å². The second-order valence-corrected chi connectivity index (χ2v) is 9.02. The fraction of sp³-hybridized carbons (Fsp3) is 0.381. The summed E-state index contributed by atoms with van der Waals surface area (Å²) in [7, 11) is -0.847. The Morgan fingerprint density at radius 2 is 1.83 bits per heavy atom. The van der Waals surface area contributed by atoms with Crippen LogP contribution >= 0.6 is 0 Å². The number of nitrogens with one attached hydrogen (secondary N) is 1. The van der Waals surface area contributed by atoms with Crippen LogP contribution in [0.2, 0.25) is 0 Å². The van der Waals surface area contributed by atoms with Crippen LogP contribution in [-0.2, 0) is 10.0 Å². The molecule has 29 heavy (non-hydrogen) atoms. The molecule has 2 N–H and O–H groups in total. The van der Waals surface area contributed by atoms with Crippen LogP contribution in [0.25, 0.3) is 0 Å². The molecule has 1 atom stereocenters. The average molecular weight is 421 g/mol. The number of hydrogen-bond acceptors (Lipinski definition) is 5. The molecular formula is C21H28N2O5S. The Morgan fingerprint density at radius 1 is 1.17 bits per heavy atom. The summed E-state index contributed by atoms with van der Waals surface area (Å²) in [6, 6.07) is 12.5. The fourth-order valence-corrected chi connectivity index (χ4v) is 3.90. The van der Waals surface area contributed by atoms with Gasteiger partial charge < -0.3 is 15.2 Å². The summed E-state index contributed by atoms with van der Waals surface area (Å²) in [4.78, 5) is 12.4. The van der Waals surface area contributed by atoms with E-state index in [2.05, 4.69) is 5.32 Å². The number of hydrogen-bond donors (Lipinski definition) is 2. The summed E-state index contributed by atoms with van der Waals surface area (Å²) in [5.74, 6) is 0.347. The first-order chi connectivity index (χ1) is 13.7. The van der Waals surface area contributed by atoms with Gasteiger partial charge in [0, 0.05) is 19.2 Å². The zero-order valence-corrected chi connectivity index (χ0v) is 17.9. The van der Waals surface area contributed by atoms with E-state index >= 15 is 0 Å². The standard InChI is InChI=1S/C21H28N2O5S/c1-15(2)20(24)12-13-22-21(25)16-6-5-7-19(14-16)29(26,27)23(3)17-8-10-18(28-4)11-9-17/h5-11,14-15,20,24H,12-13H2,1-4H3,(H,22,25)/t20-/m0/s1. The molecule has 2 aromatic carbocycles. The molecule has 0 radical (unpaired) electrons. The van der Waals surface area contributed by atoms with Gasteiger partial charge in [-0.15, -0.1) is 0 Å². The molecule has 0 spiro atoms. The lowest BCUT2D eigenvalue weighted by Gasteiger charge is -2.20. The first-order valence-electron chi connectivity index (χ1n) is 9.36. The summed E-state index contributed by atoms with van der Waals surface area (Å²) in [6.07, 6.45) is -0.0677. The van der Waals surface area contributed by atoms with Crippen molar-refractivity contribution in [2.45, 2.75) is 31.3 Å². The topological polar surface area (TPSA) is 95.9 Å². The minimum atomic E-state index is -3.84. The molecule has 0 unspecified atom stereocenters. The van der Waals surface area contributed by atoms with Gasteiger partial charge in [-0.3, -0.25) is 9.10 Å². The molecule has 1 amide bonds. The van der Waals surface area contributed by atoms with Gasteiger partial charge in [-0.1, -0.05) is 19.9 Å². The van der Waals surface area contributed by atoms with Crippen LogP contribution in [0.1, 0.15) is 30.6 Å². The second kappa shape index (κ2) is 9.76. The number of ether oxygens (including phenoxy) is 1. The molecule has 0 saturated heterocycles. The zero-order valence-electron chi connectivity index (χ0n) is 17.1. The van der Waals surface area contributed by atoms with Crippen molar-refractivity contribution >= 4 is 21.6 Å². The Labute approximate surface area is 172 Å². The molecule has 7 nitrogen and oxygen atoms in total. The van der Waals surface area contributed by atoms with E-state index in [-0.39, 0.29) is 22.3 Å². The third-order valence-electron chi connectivity index (χ3n) is 4.69. The maximum absolute atomic E-state index is 13.0. The number of carbonyl (C=O) groups is 1. The summed E-state index contributed by atoms with van der Waals surface area (Å²) in [6.45, 7) is 4.11. The first-order valence-corrected chi connectivity index (χ1v) is 10.8. The fourth-order valence-electron chi connectivity index (χ4n) is 2.66. The van der Waals surface area contributed by atoms with Gasteiger partial charge >= 0.3 is 0 Å². The number of methoxy groups -OCH3 is 1. The van der Waals surface area contributed by atoms with Crippen molar-refractivity contribution in [2.24, 2.45) is 5.92 Å². The molecule has 2 rings (SSSR count). The van der Waals surface area contributed by atoms with Crippen LogP contribution in [0, 0.1) is 5.92 Å². The number of nitrogens with zero attached hydrogens (tertiary/aromatic N) is 1. The predicted molar refractivity (Wildman–Crippen MR) is 113 cm³/mol. The van der Waals surface area contributed by atoms with Crippen LogP contribution in [0.15, 0.2) is 53.4 Å². The van der Waals surface area contributed by atoms with Gasteiger partial charge in [0.1, 0.15) is 5.75 Å². The van der Waals surface area contributed by atoms with E-state index in [1.54, 1.807) is 30.3 Å². The third-order valence-corrected chi connectivity index (χ3v) is 6.47. The van der Waals surface area contributed by atoms with Gasteiger partial charge in [0.15, 0.2) is 0 Å². The summed E-state index contributed by atoms with van der Waals surface area (Å²) >= 11 is 0. The van der Waals surface area contributed by atoms with Crippen molar-refractivity contribution < 1.29 is 23.1 Å². The Morgan fingerprint density at radius 3 is 2.41 bits per heavy atom. The van der Waals surface area contributed by atoms with Crippen LogP contribution < -0.4 is 14.4 Å². The smallest absolute Gasteiger partial charge is 0.264 e. The molecule has 0 aliphatic carbocycles. The maximum Gasteiger partial charge on any atom is 0.264 e. The molecule has 0 heterocycles. The molecule has 0 aliphatic heterocycles. The number of sulfonamides is 1. The molecule has 0 aliphatic rings. The van der Waals surface area contributed by atoms with E-state index < -0.39 is 16.1 Å². The largest absolute Gasteiger partial charge is 0.497 e. The molecular weight excluding hydrogens is 392 g/mol. The Kier molecular flexibility index (Phi) is 7.64. The lowest BCUT2D eigenvalue weighted by atomic mass is 10.0. The Hall–Kier alpha value is -2.58. The highest BCUT2D eigenvalue weighted by Crippen LogP contribution is 2.24. The Balaban J connectivity index is 2.14. The lowest BCUT2D eigenvalue weighted by Crippen LogP contribution is -2.29. The maximum atomic E-state index is 13.0. The second-order valence-electron chi connectivity index (χ2n) is 7.05. The molecule has 2 aromatic rings. The highest BCUT2D eigenvalue weighted by Gasteiger charge is 2.22. The van der Waals surface area contributed by atoms with Gasteiger partial charge in [0.25, 0.3) is 15.9 Å². The van der Waals surface area contributed by atoms with Gasteiger partial charge in [-0.05, 0) is 54.8 Å². The van der Waals surface area contributed by atoms with Gasteiger partial charge in [0.05, 0.1) is 23.8 Å². The molecule has 0 aromatic heterocycles. The van der Waals surface area contributed by atoms with Crippen LogP contribution in [0.4, 0.5) is 5.69 Å². The van der Waals surface area contributed by atoms with E-state index in [4.69, 9.17) is 4.74 Å². The molecule has 158 valence electrons. The highest BCUT2D eigenvalue weighted by atomic mass is 32.2. The number of carbonyl (C=O) groups excluding carboxylic acids is 1. The molecule has 0 saturated carbocycles. The minimum Gasteiger partial charge on any atom is -0.497 e. The zero-order chi connectivity index (χ0) is 21.6. The summed E-state index contributed by atoms with van der Waals surface area (Å²) < 4.78 is 32.2. The van der Waals surface area contributed by atoms with Gasteiger partial charge in [-0.2, -0.15) is 0 Å². The number of aliphatic hydroxyl groups is 1. The van der Waals surface area contributed by atoms with Crippen LogP contribution in [0.3, 0.4) is 0 Å². The number of rotatable bonds is 9. The van der Waals surface area contributed by atoms with Crippen molar-refractivity contribution in [1.29, 1.82) is 0 Å².